The molecular weight excluding hydrogens is 196 g/mol. The van der Waals surface area contributed by atoms with Crippen LogP contribution in [0, 0.1) is 0 Å². The molecule has 12 heavy (non-hydrogen) atoms. The van der Waals surface area contributed by atoms with Crippen LogP contribution in [0.1, 0.15) is 0 Å². The van der Waals surface area contributed by atoms with Crippen molar-refractivity contribution in [1.29, 1.82) is 0 Å². The normalized spacial score (nSPS) is 15.4. The van der Waals surface area contributed by atoms with Crippen molar-refractivity contribution in [2.24, 2.45) is 0 Å². The van der Waals surface area contributed by atoms with Gasteiger partial charge in [0.05, 0.1) is 5.75 Å². The second-order valence-electron chi connectivity index (χ2n) is 2.31. The zero-order chi connectivity index (χ0) is 9.72. The van der Waals surface area contributed by atoms with Crippen molar-refractivity contribution in [2.45, 2.75) is 11.6 Å². The third kappa shape index (κ3) is 3.22. The number of thiol groups is 2. The minimum Gasteiger partial charge on any atom is -0.375 e. The van der Waals surface area contributed by atoms with Crippen LogP contribution in [0.2, 0.25) is 0 Å². The maximum absolute atomic E-state index is 11.0. The zero-order valence-electron chi connectivity index (χ0n) is 7.06. The van der Waals surface area contributed by atoms with Crippen LogP contribution in [-0.2, 0) is 4.79 Å². The van der Waals surface area contributed by atoms with Crippen LogP contribution in [0.5, 0.6) is 0 Å². The Bertz CT molecular complexity index is 156. The molecule has 2 N–H and O–H groups in total. The highest BCUT2D eigenvalue weighted by atomic mass is 32.1. The van der Waals surface area contributed by atoms with Crippen molar-refractivity contribution in [1.82, 2.24) is 10.2 Å². The van der Waals surface area contributed by atoms with Gasteiger partial charge in [-0.15, -0.1) is 0 Å². The Labute approximate surface area is 83.1 Å². The third-order valence-electron chi connectivity index (χ3n) is 1.50. The van der Waals surface area contributed by atoms with Crippen LogP contribution in [-0.4, -0.2) is 47.4 Å². The molecule has 2 atom stereocenters. The first-order valence-electron chi connectivity index (χ1n) is 3.44. The molecular formula is C6H14N2O2S2. The van der Waals surface area contributed by atoms with Gasteiger partial charge < -0.3 is 10.0 Å². The van der Waals surface area contributed by atoms with Gasteiger partial charge in [-0.2, -0.15) is 25.3 Å². The first-order valence-corrected chi connectivity index (χ1v) is 4.59. The third-order valence-corrected chi connectivity index (χ3v) is 2.40. The molecule has 0 saturated heterocycles. The maximum atomic E-state index is 11.0. The monoisotopic (exact) mass is 210 g/mol. The maximum Gasteiger partial charge on any atom is 0.233 e. The van der Waals surface area contributed by atoms with Crippen LogP contribution >= 0.6 is 25.3 Å². The molecule has 4 nitrogen and oxygen atoms in total. The van der Waals surface area contributed by atoms with Gasteiger partial charge in [-0.25, -0.2) is 0 Å². The van der Waals surface area contributed by atoms with Crippen LogP contribution in [0.4, 0.5) is 0 Å². The Kier molecular flexibility index (Phi) is 5.73. The molecule has 0 heterocycles. The lowest BCUT2D eigenvalue weighted by Gasteiger charge is -2.27. The number of nitrogens with zero attached hydrogens (tertiary/aromatic N) is 1. The topological polar surface area (TPSA) is 52.6 Å². The van der Waals surface area contributed by atoms with E-state index < -0.39 is 11.6 Å². The van der Waals surface area contributed by atoms with E-state index in [-0.39, 0.29) is 11.7 Å². The Morgan fingerprint density at radius 3 is 2.58 bits per heavy atom. The van der Waals surface area contributed by atoms with Crippen LogP contribution in [0.25, 0.3) is 0 Å². The summed E-state index contributed by atoms with van der Waals surface area (Å²) in [6, 6.07) is 0. The summed E-state index contributed by atoms with van der Waals surface area (Å²) in [4.78, 5) is 12.4. The second kappa shape index (κ2) is 5.69. The summed E-state index contributed by atoms with van der Waals surface area (Å²) in [5.74, 6) is -0.0584. The molecule has 0 radical (unpaired) electrons. The summed E-state index contributed by atoms with van der Waals surface area (Å²) in [5.41, 5.74) is 0. The molecule has 0 aromatic carbocycles. The van der Waals surface area contributed by atoms with Crippen molar-refractivity contribution in [3.63, 3.8) is 0 Å². The number of carbonyl (C=O) groups is 1. The lowest BCUT2D eigenvalue weighted by molar-refractivity contribution is -0.129. The number of carbonyl (C=O) groups excluding carboxylic acids is 1. The Balaban J connectivity index is 4.08. The molecule has 0 fully saturated rings. The highest BCUT2D eigenvalue weighted by Crippen LogP contribution is 2.05. The van der Waals surface area contributed by atoms with E-state index >= 15 is 0 Å². The van der Waals surface area contributed by atoms with Crippen molar-refractivity contribution < 1.29 is 9.90 Å². The summed E-state index contributed by atoms with van der Waals surface area (Å²) in [7, 11) is 3.16. The van der Waals surface area contributed by atoms with E-state index in [1.54, 1.807) is 14.1 Å². The number of amides is 1. The van der Waals surface area contributed by atoms with Gasteiger partial charge in [-0.05, 0) is 7.05 Å². The van der Waals surface area contributed by atoms with E-state index in [1.807, 2.05) is 0 Å². The van der Waals surface area contributed by atoms with Crippen LogP contribution in [0.15, 0.2) is 0 Å². The van der Waals surface area contributed by atoms with Gasteiger partial charge in [0.15, 0.2) is 0 Å². The molecule has 1 amide bonds. The number of nitrogens with one attached hydrogen (secondary N) is 1. The average Bonchev–Trinajstić information content (AvgIpc) is 2.12. The van der Waals surface area contributed by atoms with Gasteiger partial charge in [-0.3, -0.25) is 10.1 Å². The highest BCUT2D eigenvalue weighted by molar-refractivity contribution is 7.81. The molecule has 0 spiro atoms. The van der Waals surface area contributed by atoms with Crippen molar-refractivity contribution in [3.05, 3.63) is 0 Å². The number of hydrogen-bond donors (Lipinski definition) is 4. The largest absolute Gasteiger partial charge is 0.375 e. The fraction of sp³-hybridized carbons (Fsp3) is 0.833. The fourth-order valence-electron chi connectivity index (χ4n) is 0.620. The van der Waals surface area contributed by atoms with E-state index in [2.05, 4.69) is 30.6 Å². The number of aliphatic hydroxyl groups is 1. The predicted octanol–water partition coefficient (Wildman–Crippen LogP) is -0.832. The summed E-state index contributed by atoms with van der Waals surface area (Å²) >= 11 is 7.87. The number of likely N-dealkylation sites (N-methyl/N-ethyl adjacent to an activating group) is 2. The highest BCUT2D eigenvalue weighted by Gasteiger charge is 2.21. The Morgan fingerprint density at radius 2 is 2.25 bits per heavy atom. The SMILES string of the molecule is CNC(O)C(S)N(C)C(=O)CS. The van der Waals surface area contributed by atoms with Crippen LogP contribution < -0.4 is 5.32 Å². The van der Waals surface area contributed by atoms with Crippen molar-refractivity contribution >= 4 is 31.2 Å². The van der Waals surface area contributed by atoms with Gasteiger partial charge in [0.2, 0.25) is 5.91 Å². The van der Waals surface area contributed by atoms with Gasteiger partial charge >= 0.3 is 0 Å². The smallest absolute Gasteiger partial charge is 0.233 e. The quantitative estimate of drug-likeness (QED) is 0.362. The molecule has 0 bridgehead atoms. The van der Waals surface area contributed by atoms with Gasteiger partial charge in [0, 0.05) is 7.05 Å². The number of rotatable bonds is 4. The van der Waals surface area contributed by atoms with Crippen molar-refractivity contribution in [2.75, 3.05) is 19.8 Å². The van der Waals surface area contributed by atoms with E-state index in [9.17, 15) is 9.90 Å². The summed E-state index contributed by atoms with van der Waals surface area (Å²) in [6.45, 7) is 0. The molecule has 0 aliphatic heterocycles. The molecule has 6 heteroatoms. The van der Waals surface area contributed by atoms with Crippen LogP contribution in [0.3, 0.4) is 0 Å². The molecule has 0 saturated carbocycles. The minimum atomic E-state index is -0.831. The first kappa shape index (κ1) is 12.1. The second-order valence-corrected chi connectivity index (χ2v) is 3.16. The molecule has 0 aliphatic carbocycles. The Morgan fingerprint density at radius 1 is 1.75 bits per heavy atom. The fourth-order valence-corrected chi connectivity index (χ4v) is 1.12. The lowest BCUT2D eigenvalue weighted by atomic mass is 10.4. The number of aliphatic hydroxyl groups excluding tert-OH is 1. The zero-order valence-corrected chi connectivity index (χ0v) is 8.85. The predicted molar refractivity (Wildman–Crippen MR) is 54.5 cm³/mol. The molecule has 0 rings (SSSR count). The summed E-state index contributed by atoms with van der Waals surface area (Å²) in [6.07, 6.45) is -0.831. The van der Waals surface area contributed by atoms with Gasteiger partial charge in [-0.1, -0.05) is 0 Å². The molecule has 0 aliphatic rings. The summed E-state index contributed by atoms with van der Waals surface area (Å²) < 4.78 is 0. The standard InChI is InChI=1S/C6H14N2O2S2/c1-7-5(10)6(12)8(2)4(9)3-11/h5-7,10-12H,3H2,1-2H3. The Hall–Kier alpha value is 0.0900. The van der Waals surface area contributed by atoms with E-state index in [1.165, 1.54) is 4.90 Å². The molecule has 72 valence electrons. The molecule has 0 aromatic heterocycles. The minimum absolute atomic E-state index is 0.115. The number of hydrogen-bond acceptors (Lipinski definition) is 5. The van der Waals surface area contributed by atoms with Gasteiger partial charge in [0.1, 0.15) is 11.6 Å². The van der Waals surface area contributed by atoms with E-state index in [0.29, 0.717) is 0 Å². The molecule has 0 aromatic rings. The average molecular weight is 210 g/mol. The van der Waals surface area contributed by atoms with E-state index in [0.717, 1.165) is 0 Å². The summed E-state index contributed by atoms with van der Waals surface area (Å²) in [5, 5.41) is 11.3. The molecule has 2 unspecified atom stereocenters. The van der Waals surface area contributed by atoms with Crippen molar-refractivity contribution in [3.8, 4) is 0 Å². The van der Waals surface area contributed by atoms with E-state index in [4.69, 9.17) is 0 Å². The first-order chi connectivity index (χ1) is 5.54. The van der Waals surface area contributed by atoms with Gasteiger partial charge in [0.25, 0.3) is 0 Å². The lowest BCUT2D eigenvalue weighted by Crippen LogP contribution is -2.47.